The fourth-order valence-corrected chi connectivity index (χ4v) is 4.68. The Morgan fingerprint density at radius 1 is 0.967 bits per heavy atom. The van der Waals surface area contributed by atoms with Crippen LogP contribution in [0, 0.1) is 17.5 Å². The molecule has 0 saturated carbocycles. The zero-order valence-corrected chi connectivity index (χ0v) is 16.6. The number of carbonyl (C=O) groups is 1. The summed E-state index contributed by atoms with van der Waals surface area (Å²) in [6.07, 6.45) is 0. The van der Waals surface area contributed by atoms with Gasteiger partial charge in [0.05, 0.1) is 26.4 Å². The maximum Gasteiger partial charge on any atom is 0.258 e. The molecule has 0 bridgehead atoms. The molecular weight excluding hydrogens is 431 g/mol. The molecule has 4 nitrogen and oxygen atoms in total. The van der Waals surface area contributed by atoms with E-state index in [0.717, 1.165) is 22.3 Å². The lowest BCUT2D eigenvalue weighted by molar-refractivity contribution is 0.102. The number of hydrogen-bond donors (Lipinski definition) is 1. The van der Waals surface area contributed by atoms with E-state index in [1.807, 2.05) is 29.6 Å². The summed E-state index contributed by atoms with van der Waals surface area (Å²) in [5.74, 6) is -4.75. The van der Waals surface area contributed by atoms with Crippen LogP contribution in [0.25, 0.3) is 31.7 Å². The van der Waals surface area contributed by atoms with Crippen molar-refractivity contribution >= 4 is 54.8 Å². The molecule has 0 aliphatic rings. The minimum atomic E-state index is -1.59. The Hall–Kier alpha value is -3.30. The second-order valence-corrected chi connectivity index (χ2v) is 8.33. The lowest BCUT2D eigenvalue weighted by Gasteiger charge is -2.08. The number of hydrogen-bond acceptors (Lipinski definition) is 5. The van der Waals surface area contributed by atoms with E-state index < -0.39 is 23.4 Å². The number of anilines is 1. The van der Waals surface area contributed by atoms with Gasteiger partial charge in [-0.15, -0.1) is 11.3 Å². The molecule has 3 aromatic heterocycles. The van der Waals surface area contributed by atoms with Crippen LogP contribution in [0.3, 0.4) is 0 Å². The molecule has 0 unspecified atom stereocenters. The van der Waals surface area contributed by atoms with Gasteiger partial charge in [0.25, 0.3) is 5.91 Å². The van der Waals surface area contributed by atoms with Crippen LogP contribution in [-0.4, -0.2) is 15.9 Å². The molecule has 5 rings (SSSR count). The number of rotatable bonds is 3. The van der Waals surface area contributed by atoms with E-state index >= 15 is 0 Å². The molecule has 0 aliphatic heterocycles. The first-order valence-electron chi connectivity index (χ1n) is 8.70. The summed E-state index contributed by atoms with van der Waals surface area (Å²) in [6, 6.07) is 13.5. The van der Waals surface area contributed by atoms with Crippen molar-refractivity contribution in [2.24, 2.45) is 0 Å². The summed E-state index contributed by atoms with van der Waals surface area (Å²) in [4.78, 5) is 22.5. The van der Waals surface area contributed by atoms with Crippen LogP contribution >= 0.6 is 22.7 Å². The van der Waals surface area contributed by atoms with Crippen LogP contribution < -0.4 is 5.32 Å². The molecule has 148 valence electrons. The molecule has 1 N–H and O–H groups in total. The second-order valence-electron chi connectivity index (χ2n) is 6.36. The van der Waals surface area contributed by atoms with E-state index in [-0.39, 0.29) is 15.3 Å². The molecule has 2 aromatic carbocycles. The summed E-state index contributed by atoms with van der Waals surface area (Å²) < 4.78 is 41.0. The SMILES string of the molecule is O=C(Nc1nc2c(F)c(F)c(F)cc2s1)c1cc(-c2cccs2)nc2ccccc12. The molecule has 0 saturated heterocycles. The Balaban J connectivity index is 1.58. The highest BCUT2D eigenvalue weighted by molar-refractivity contribution is 7.22. The fraction of sp³-hybridized carbons (Fsp3) is 0. The third kappa shape index (κ3) is 3.12. The Labute approximate surface area is 175 Å². The van der Waals surface area contributed by atoms with E-state index in [4.69, 9.17) is 0 Å². The number of benzene rings is 2. The number of pyridine rings is 1. The molecule has 30 heavy (non-hydrogen) atoms. The van der Waals surface area contributed by atoms with E-state index in [0.29, 0.717) is 22.2 Å². The summed E-state index contributed by atoms with van der Waals surface area (Å²) in [5.41, 5.74) is 1.33. The highest BCUT2D eigenvalue weighted by atomic mass is 32.1. The van der Waals surface area contributed by atoms with Gasteiger partial charge < -0.3 is 0 Å². The highest BCUT2D eigenvalue weighted by Gasteiger charge is 2.20. The van der Waals surface area contributed by atoms with Gasteiger partial charge in [0, 0.05) is 5.39 Å². The van der Waals surface area contributed by atoms with Gasteiger partial charge in [-0.1, -0.05) is 35.6 Å². The van der Waals surface area contributed by atoms with Crippen molar-refractivity contribution in [2.75, 3.05) is 5.32 Å². The first-order chi connectivity index (χ1) is 14.5. The van der Waals surface area contributed by atoms with Gasteiger partial charge in [-0.3, -0.25) is 10.1 Å². The van der Waals surface area contributed by atoms with Crippen molar-refractivity contribution in [3.8, 4) is 10.6 Å². The standard InChI is InChI=1S/C21H10F3N3OS2/c22-12-9-16-19(18(24)17(12)23)26-21(30-16)27-20(28)11-8-14(15-6-3-7-29-15)25-13-5-2-1-4-10(11)13/h1-9H,(H,26,27,28). The van der Waals surface area contributed by atoms with Gasteiger partial charge in [0.2, 0.25) is 0 Å². The third-order valence-electron chi connectivity index (χ3n) is 4.48. The lowest BCUT2D eigenvalue weighted by atomic mass is 10.1. The molecule has 5 aromatic rings. The monoisotopic (exact) mass is 441 g/mol. The van der Waals surface area contributed by atoms with Gasteiger partial charge in [-0.2, -0.15) is 0 Å². The van der Waals surface area contributed by atoms with Crippen molar-refractivity contribution in [3.63, 3.8) is 0 Å². The van der Waals surface area contributed by atoms with E-state index in [9.17, 15) is 18.0 Å². The van der Waals surface area contributed by atoms with Gasteiger partial charge >= 0.3 is 0 Å². The average Bonchev–Trinajstić information content (AvgIpc) is 3.41. The molecule has 1 amide bonds. The number of carbonyl (C=O) groups excluding carboxylic acids is 1. The normalized spacial score (nSPS) is 11.3. The summed E-state index contributed by atoms with van der Waals surface area (Å²) in [7, 11) is 0. The highest BCUT2D eigenvalue weighted by Crippen LogP contribution is 2.32. The number of para-hydroxylation sites is 1. The summed E-state index contributed by atoms with van der Waals surface area (Å²) in [5, 5.41) is 5.21. The minimum Gasteiger partial charge on any atom is -0.298 e. The van der Waals surface area contributed by atoms with Crippen molar-refractivity contribution in [3.05, 3.63) is 76.9 Å². The van der Waals surface area contributed by atoms with Crippen LogP contribution in [-0.2, 0) is 0 Å². The fourth-order valence-electron chi connectivity index (χ4n) is 3.11. The largest absolute Gasteiger partial charge is 0.298 e. The lowest BCUT2D eigenvalue weighted by Crippen LogP contribution is -2.13. The first kappa shape index (κ1) is 18.7. The molecule has 0 aliphatic carbocycles. The smallest absolute Gasteiger partial charge is 0.258 e. The number of halogens is 3. The van der Waals surface area contributed by atoms with Crippen LogP contribution in [0.4, 0.5) is 18.3 Å². The zero-order valence-electron chi connectivity index (χ0n) is 14.9. The molecule has 0 atom stereocenters. The predicted octanol–water partition coefficient (Wildman–Crippen LogP) is 6.24. The number of thiazole rings is 1. The maximum absolute atomic E-state index is 14.0. The zero-order chi connectivity index (χ0) is 20.8. The second kappa shape index (κ2) is 7.19. The van der Waals surface area contributed by atoms with Crippen molar-refractivity contribution in [2.45, 2.75) is 0 Å². The topological polar surface area (TPSA) is 54.9 Å². The van der Waals surface area contributed by atoms with Crippen molar-refractivity contribution < 1.29 is 18.0 Å². The Morgan fingerprint density at radius 3 is 2.60 bits per heavy atom. The van der Waals surface area contributed by atoms with Crippen LogP contribution in [0.1, 0.15) is 10.4 Å². The third-order valence-corrected chi connectivity index (χ3v) is 6.29. The number of aromatic nitrogens is 2. The maximum atomic E-state index is 14.0. The number of amides is 1. The number of nitrogens with one attached hydrogen (secondary N) is 1. The van der Waals surface area contributed by atoms with E-state index in [1.165, 1.54) is 11.3 Å². The quantitative estimate of drug-likeness (QED) is 0.337. The summed E-state index contributed by atoms with van der Waals surface area (Å²) in [6.45, 7) is 0. The van der Waals surface area contributed by atoms with Crippen molar-refractivity contribution in [1.82, 2.24) is 9.97 Å². The Bertz CT molecular complexity index is 1430. The minimum absolute atomic E-state index is 0.0393. The van der Waals surface area contributed by atoms with Gasteiger partial charge in [0.15, 0.2) is 22.6 Å². The molecule has 0 spiro atoms. The van der Waals surface area contributed by atoms with Crippen molar-refractivity contribution in [1.29, 1.82) is 0 Å². The average molecular weight is 441 g/mol. The van der Waals surface area contributed by atoms with Gasteiger partial charge in [-0.25, -0.2) is 23.1 Å². The van der Waals surface area contributed by atoms with E-state index in [2.05, 4.69) is 15.3 Å². The Morgan fingerprint density at radius 2 is 1.80 bits per heavy atom. The first-order valence-corrected chi connectivity index (χ1v) is 10.4. The van der Waals surface area contributed by atoms with E-state index in [1.54, 1.807) is 18.2 Å². The number of fused-ring (bicyclic) bond motifs is 2. The van der Waals surface area contributed by atoms with Crippen LogP contribution in [0.15, 0.2) is 53.9 Å². The number of nitrogens with zero attached hydrogens (tertiary/aromatic N) is 2. The predicted molar refractivity (Wildman–Crippen MR) is 113 cm³/mol. The van der Waals surface area contributed by atoms with Crippen LogP contribution in [0.5, 0.6) is 0 Å². The van der Waals surface area contributed by atoms with Gasteiger partial charge in [0.1, 0.15) is 5.52 Å². The molecule has 0 fully saturated rings. The summed E-state index contributed by atoms with van der Waals surface area (Å²) >= 11 is 2.36. The molecule has 0 radical (unpaired) electrons. The molecule has 9 heteroatoms. The molecule has 3 heterocycles. The van der Waals surface area contributed by atoms with Crippen LogP contribution in [0.2, 0.25) is 0 Å². The Kier molecular flexibility index (Phi) is 4.48. The molecular formula is C21H10F3N3OS2. The van der Waals surface area contributed by atoms with Gasteiger partial charge in [-0.05, 0) is 29.6 Å². The number of thiophene rings is 1.